The molecule has 0 saturated heterocycles. The van der Waals surface area contributed by atoms with Crippen molar-refractivity contribution in [2.24, 2.45) is 0 Å². The highest BCUT2D eigenvalue weighted by Crippen LogP contribution is 2.20. The van der Waals surface area contributed by atoms with Crippen LogP contribution in [0, 0.1) is 0 Å². The molecule has 218 valence electrons. The molecule has 1 atom stereocenters. The van der Waals surface area contributed by atoms with Crippen LogP contribution in [0.15, 0.2) is 97.5 Å². The van der Waals surface area contributed by atoms with Crippen LogP contribution < -0.4 is 10.2 Å². The summed E-state index contributed by atoms with van der Waals surface area (Å²) in [6, 6.07) is 24.7. The van der Waals surface area contributed by atoms with Crippen molar-refractivity contribution in [3.63, 3.8) is 0 Å². The number of alkyl carbamates (subject to hydrolysis) is 1. The number of amides is 3. The van der Waals surface area contributed by atoms with Crippen molar-refractivity contribution in [2.75, 3.05) is 18.0 Å². The number of aromatic nitrogens is 2. The molecule has 0 fully saturated rings. The highest BCUT2D eigenvalue weighted by Gasteiger charge is 2.30. The van der Waals surface area contributed by atoms with Gasteiger partial charge in [0.25, 0.3) is 0 Å². The summed E-state index contributed by atoms with van der Waals surface area (Å²) in [6.07, 6.45) is 3.18. The van der Waals surface area contributed by atoms with E-state index in [1.54, 1.807) is 29.3 Å². The predicted molar refractivity (Wildman–Crippen MR) is 162 cm³/mol. The molecule has 0 aliphatic heterocycles. The van der Waals surface area contributed by atoms with E-state index >= 15 is 0 Å². The maximum absolute atomic E-state index is 14.2. The summed E-state index contributed by atoms with van der Waals surface area (Å²) in [5.74, 6) is -0.713. The molecule has 0 spiro atoms. The molecule has 0 aliphatic carbocycles. The zero-order chi connectivity index (χ0) is 29.7. The van der Waals surface area contributed by atoms with Gasteiger partial charge in [-0.05, 0) is 35.7 Å². The van der Waals surface area contributed by atoms with E-state index in [0.717, 1.165) is 17.7 Å². The number of halogens is 1. The number of anilines is 1. The standard InChI is InChI=1S/C32H34ClN5O4/c1-2-17-38(27-14-7-4-8-15-27)30(39)21-37(20-25-13-9-10-16-28(25)33)31(40)29(18-26-19-34-23-35-26)36-32(41)42-22-24-11-5-3-6-12-24/h3-16,19,23,29H,2,17-18,20-22H2,1H3,(H,34,35)(H,36,41). The average molecular weight is 588 g/mol. The Morgan fingerprint density at radius 2 is 1.67 bits per heavy atom. The topological polar surface area (TPSA) is 108 Å². The second-order valence-corrected chi connectivity index (χ2v) is 10.1. The quantitative estimate of drug-likeness (QED) is 0.219. The Balaban J connectivity index is 1.58. The SMILES string of the molecule is CCCN(C(=O)CN(Cc1ccccc1Cl)C(=O)C(Cc1cnc[nH]1)NC(=O)OCc1ccccc1)c1ccccc1. The Hall–Kier alpha value is -4.63. The van der Waals surface area contributed by atoms with E-state index in [-0.39, 0.29) is 32.0 Å². The van der Waals surface area contributed by atoms with Gasteiger partial charge in [-0.2, -0.15) is 0 Å². The maximum Gasteiger partial charge on any atom is 0.408 e. The number of H-pyrrole nitrogens is 1. The van der Waals surface area contributed by atoms with Gasteiger partial charge in [0.05, 0.1) is 6.33 Å². The van der Waals surface area contributed by atoms with Crippen LogP contribution in [0.1, 0.15) is 30.2 Å². The number of carbonyl (C=O) groups is 3. The zero-order valence-electron chi connectivity index (χ0n) is 23.4. The maximum atomic E-state index is 14.2. The average Bonchev–Trinajstić information content (AvgIpc) is 3.53. The Kier molecular flexibility index (Phi) is 11.1. The number of rotatable bonds is 13. The molecule has 9 nitrogen and oxygen atoms in total. The summed E-state index contributed by atoms with van der Waals surface area (Å²) in [5, 5.41) is 3.18. The van der Waals surface area contributed by atoms with Crippen LogP contribution in [-0.2, 0) is 33.9 Å². The number of carbonyl (C=O) groups excluding carboxylic acids is 3. The Morgan fingerprint density at radius 1 is 0.976 bits per heavy atom. The van der Waals surface area contributed by atoms with Crippen LogP contribution in [0.4, 0.5) is 10.5 Å². The molecular weight excluding hydrogens is 554 g/mol. The third-order valence-electron chi connectivity index (χ3n) is 6.55. The molecule has 2 N–H and O–H groups in total. The highest BCUT2D eigenvalue weighted by molar-refractivity contribution is 6.31. The number of aromatic amines is 1. The first kappa shape index (κ1) is 30.3. The molecule has 3 aromatic carbocycles. The third-order valence-corrected chi connectivity index (χ3v) is 6.92. The van der Waals surface area contributed by atoms with E-state index in [4.69, 9.17) is 16.3 Å². The van der Waals surface area contributed by atoms with Gasteiger partial charge >= 0.3 is 6.09 Å². The second kappa shape index (κ2) is 15.4. The van der Waals surface area contributed by atoms with Crippen molar-refractivity contribution in [3.8, 4) is 0 Å². The lowest BCUT2D eigenvalue weighted by molar-refractivity contribution is -0.137. The van der Waals surface area contributed by atoms with Crippen LogP contribution in [0.3, 0.4) is 0 Å². The molecule has 42 heavy (non-hydrogen) atoms. The number of ether oxygens (including phenoxy) is 1. The molecule has 4 rings (SSSR count). The van der Waals surface area contributed by atoms with Gasteiger partial charge in [-0.15, -0.1) is 0 Å². The first-order chi connectivity index (χ1) is 20.4. The van der Waals surface area contributed by atoms with E-state index in [9.17, 15) is 14.4 Å². The predicted octanol–water partition coefficient (Wildman–Crippen LogP) is 5.37. The van der Waals surface area contributed by atoms with Gasteiger partial charge in [-0.1, -0.05) is 85.3 Å². The van der Waals surface area contributed by atoms with Gasteiger partial charge in [-0.3, -0.25) is 9.59 Å². The molecule has 3 amide bonds. The van der Waals surface area contributed by atoms with Gasteiger partial charge in [0.1, 0.15) is 19.2 Å². The van der Waals surface area contributed by atoms with E-state index in [1.807, 2.05) is 73.7 Å². The fraction of sp³-hybridized carbons (Fsp3) is 0.250. The van der Waals surface area contributed by atoms with Crippen molar-refractivity contribution >= 4 is 35.2 Å². The molecule has 10 heteroatoms. The van der Waals surface area contributed by atoms with E-state index < -0.39 is 18.0 Å². The smallest absolute Gasteiger partial charge is 0.408 e. The summed E-state index contributed by atoms with van der Waals surface area (Å²) < 4.78 is 5.41. The van der Waals surface area contributed by atoms with Crippen molar-refractivity contribution in [3.05, 3.63) is 119 Å². The lowest BCUT2D eigenvalue weighted by atomic mass is 10.1. The number of hydrogen-bond donors (Lipinski definition) is 2. The van der Waals surface area contributed by atoms with Crippen LogP contribution in [0.2, 0.25) is 5.02 Å². The van der Waals surface area contributed by atoms with E-state index in [2.05, 4.69) is 15.3 Å². The summed E-state index contributed by atoms with van der Waals surface area (Å²) in [5.41, 5.74) is 2.87. The van der Waals surface area contributed by atoms with Crippen molar-refractivity contribution in [2.45, 2.75) is 39.0 Å². The molecular formula is C32H34ClN5O4. The molecule has 0 radical (unpaired) electrons. The molecule has 0 saturated carbocycles. The number of hydrogen-bond acceptors (Lipinski definition) is 5. The minimum Gasteiger partial charge on any atom is -0.445 e. The van der Waals surface area contributed by atoms with Gasteiger partial charge in [0.15, 0.2) is 0 Å². The van der Waals surface area contributed by atoms with E-state index in [1.165, 1.54) is 11.2 Å². The van der Waals surface area contributed by atoms with Gasteiger partial charge in [0, 0.05) is 42.1 Å². The summed E-state index contributed by atoms with van der Waals surface area (Å²) in [6.45, 7) is 2.36. The number of nitrogens with one attached hydrogen (secondary N) is 2. The molecule has 0 aliphatic rings. The number of benzene rings is 3. The molecule has 0 bridgehead atoms. The van der Waals surface area contributed by atoms with Crippen LogP contribution in [0.5, 0.6) is 0 Å². The lowest BCUT2D eigenvalue weighted by Gasteiger charge is -2.30. The molecule has 4 aromatic rings. The fourth-order valence-electron chi connectivity index (χ4n) is 4.47. The molecule has 1 heterocycles. The van der Waals surface area contributed by atoms with Gasteiger partial charge < -0.3 is 24.8 Å². The summed E-state index contributed by atoms with van der Waals surface area (Å²) >= 11 is 6.46. The lowest BCUT2D eigenvalue weighted by Crippen LogP contribution is -2.52. The first-order valence-electron chi connectivity index (χ1n) is 13.8. The van der Waals surface area contributed by atoms with Gasteiger partial charge in [-0.25, -0.2) is 9.78 Å². The number of para-hydroxylation sites is 1. The first-order valence-corrected chi connectivity index (χ1v) is 14.1. The Bertz CT molecular complexity index is 1430. The van der Waals surface area contributed by atoms with Crippen LogP contribution >= 0.6 is 11.6 Å². The summed E-state index contributed by atoms with van der Waals surface area (Å²) in [7, 11) is 0. The summed E-state index contributed by atoms with van der Waals surface area (Å²) in [4.78, 5) is 50.8. The van der Waals surface area contributed by atoms with Crippen molar-refractivity contribution in [1.82, 2.24) is 20.2 Å². The van der Waals surface area contributed by atoms with Crippen LogP contribution in [-0.4, -0.2) is 51.9 Å². The fourth-order valence-corrected chi connectivity index (χ4v) is 4.66. The highest BCUT2D eigenvalue weighted by atomic mass is 35.5. The second-order valence-electron chi connectivity index (χ2n) is 9.71. The third kappa shape index (κ3) is 8.68. The largest absolute Gasteiger partial charge is 0.445 e. The molecule has 1 unspecified atom stereocenters. The van der Waals surface area contributed by atoms with Crippen molar-refractivity contribution in [1.29, 1.82) is 0 Å². The van der Waals surface area contributed by atoms with E-state index in [0.29, 0.717) is 22.8 Å². The monoisotopic (exact) mass is 587 g/mol. The molecule has 1 aromatic heterocycles. The normalized spacial score (nSPS) is 11.4. The zero-order valence-corrected chi connectivity index (χ0v) is 24.2. The Morgan fingerprint density at radius 3 is 2.33 bits per heavy atom. The minimum absolute atomic E-state index is 0.0442. The van der Waals surface area contributed by atoms with Gasteiger partial charge in [0.2, 0.25) is 11.8 Å². The Labute approximate surface area is 250 Å². The minimum atomic E-state index is -1.04. The number of imidazole rings is 1. The number of nitrogens with zero attached hydrogens (tertiary/aromatic N) is 3. The van der Waals surface area contributed by atoms with Crippen molar-refractivity contribution < 1.29 is 19.1 Å². The van der Waals surface area contributed by atoms with Crippen LogP contribution in [0.25, 0.3) is 0 Å².